The molecule has 52 valence electrons. The van der Waals surface area contributed by atoms with Crippen LogP contribution < -0.4 is 0 Å². The van der Waals surface area contributed by atoms with Gasteiger partial charge in [-0.05, 0) is 6.42 Å². The molecular weight excluding hydrogens is 123 g/mol. The summed E-state index contributed by atoms with van der Waals surface area (Å²) in [5.74, 6) is -0.449. The van der Waals surface area contributed by atoms with Crippen LogP contribution in [-0.2, 0) is 9.53 Å². The first-order chi connectivity index (χ1) is 4.29. The Hall–Kier alpha value is -0.600. The molecule has 0 aromatic rings. The van der Waals surface area contributed by atoms with Crippen LogP contribution in [0.3, 0.4) is 0 Å². The van der Waals surface area contributed by atoms with Gasteiger partial charge in [0.1, 0.15) is 0 Å². The number of hydrogen-bond acceptors (Lipinski definition) is 2. The van der Waals surface area contributed by atoms with E-state index in [1.165, 1.54) is 7.11 Å². The topological polar surface area (TPSA) is 26.3 Å². The number of alkyl halides is 1. The predicted octanol–water partition coefficient (Wildman–Crippen LogP) is 0.765. The number of carbonyl (C=O) groups is 1. The minimum atomic E-state index is -0.389. The molecule has 0 unspecified atom stereocenters. The number of ether oxygens (including phenoxy) is 1. The van der Waals surface area contributed by atoms with Crippen LogP contribution in [-0.4, -0.2) is 19.8 Å². The van der Waals surface area contributed by atoms with Crippen molar-refractivity contribution in [3.8, 4) is 0 Å². The van der Waals surface area contributed by atoms with Gasteiger partial charge in [-0.25, -0.2) is 0 Å². The van der Waals surface area contributed by atoms with E-state index in [0.717, 1.165) is 0 Å². The first-order valence-corrected chi connectivity index (χ1v) is 2.93. The van der Waals surface area contributed by atoms with Crippen molar-refractivity contribution in [2.24, 2.45) is 11.8 Å². The van der Waals surface area contributed by atoms with Crippen LogP contribution in [0.25, 0.3) is 0 Å². The van der Waals surface area contributed by atoms with Gasteiger partial charge in [0, 0.05) is 5.92 Å². The van der Waals surface area contributed by atoms with Crippen LogP contribution in [0.5, 0.6) is 0 Å². The summed E-state index contributed by atoms with van der Waals surface area (Å²) < 4.78 is 16.1. The zero-order valence-corrected chi connectivity index (χ0v) is 5.26. The Bertz CT molecular complexity index is 124. The molecule has 0 heterocycles. The number of methoxy groups -OCH3 is 1. The number of hydrogen-bond donors (Lipinski definition) is 0. The summed E-state index contributed by atoms with van der Waals surface area (Å²) in [6.45, 7) is -0.389. The summed E-state index contributed by atoms with van der Waals surface area (Å²) in [6.07, 6.45) is 0.670. The van der Waals surface area contributed by atoms with Crippen molar-refractivity contribution in [3.05, 3.63) is 0 Å². The van der Waals surface area contributed by atoms with E-state index in [-0.39, 0.29) is 24.5 Å². The summed E-state index contributed by atoms with van der Waals surface area (Å²) in [4.78, 5) is 10.6. The molecule has 1 rings (SSSR count). The largest absolute Gasteiger partial charge is 0.469 e. The molecule has 1 saturated carbocycles. The highest BCUT2D eigenvalue weighted by molar-refractivity contribution is 5.75. The Kier molecular flexibility index (Phi) is 1.69. The molecule has 2 nitrogen and oxygen atoms in total. The molecule has 0 spiro atoms. The lowest BCUT2D eigenvalue weighted by molar-refractivity contribution is -0.142. The maximum absolute atomic E-state index is 11.7. The molecule has 0 aromatic heterocycles. The average Bonchev–Trinajstić information content (AvgIpc) is 2.64. The molecule has 9 heavy (non-hydrogen) atoms. The molecule has 0 N–H and O–H groups in total. The summed E-state index contributed by atoms with van der Waals surface area (Å²) in [5, 5.41) is 0. The van der Waals surface area contributed by atoms with E-state index >= 15 is 0 Å². The summed E-state index contributed by atoms with van der Waals surface area (Å²) >= 11 is 0. The average molecular weight is 132 g/mol. The molecule has 3 heteroatoms. The van der Waals surface area contributed by atoms with Crippen LogP contribution in [0.1, 0.15) is 6.42 Å². The monoisotopic (exact) mass is 132 g/mol. The highest BCUT2D eigenvalue weighted by atomic mass is 19.1. The standard InChI is InChI=1S/C6H9FO2/c1-9-6(8)5-2-4(5)3-7/h4-5H,2-3H2,1H3/t4-,5+/m0/s1. The maximum atomic E-state index is 11.7. The van der Waals surface area contributed by atoms with Gasteiger partial charge in [0.25, 0.3) is 0 Å². The zero-order valence-electron chi connectivity index (χ0n) is 5.26. The van der Waals surface area contributed by atoms with Crippen molar-refractivity contribution in [3.63, 3.8) is 0 Å². The van der Waals surface area contributed by atoms with Gasteiger partial charge in [-0.1, -0.05) is 0 Å². The fourth-order valence-electron chi connectivity index (χ4n) is 0.858. The fraction of sp³-hybridized carbons (Fsp3) is 0.833. The minimum Gasteiger partial charge on any atom is -0.469 e. The lowest BCUT2D eigenvalue weighted by Crippen LogP contribution is -2.04. The van der Waals surface area contributed by atoms with Crippen molar-refractivity contribution >= 4 is 5.97 Å². The van der Waals surface area contributed by atoms with Gasteiger partial charge in [-0.3, -0.25) is 9.18 Å². The van der Waals surface area contributed by atoms with E-state index in [9.17, 15) is 9.18 Å². The van der Waals surface area contributed by atoms with E-state index in [1.807, 2.05) is 0 Å². The molecule has 0 radical (unpaired) electrons. The summed E-state index contributed by atoms with van der Waals surface area (Å²) in [6, 6.07) is 0. The van der Waals surface area contributed by atoms with Crippen LogP contribution >= 0.6 is 0 Å². The lowest BCUT2D eigenvalue weighted by Gasteiger charge is -1.92. The first-order valence-electron chi connectivity index (χ1n) is 2.93. The minimum absolute atomic E-state index is 0.0440. The Morgan fingerprint density at radius 2 is 2.56 bits per heavy atom. The summed E-state index contributed by atoms with van der Waals surface area (Å²) in [5.41, 5.74) is 0. The molecule has 0 saturated heterocycles. The van der Waals surface area contributed by atoms with E-state index in [1.54, 1.807) is 0 Å². The van der Waals surface area contributed by atoms with Crippen LogP contribution in [0.4, 0.5) is 4.39 Å². The zero-order chi connectivity index (χ0) is 6.85. The third-order valence-electron chi connectivity index (χ3n) is 1.62. The third-order valence-corrected chi connectivity index (χ3v) is 1.62. The molecule has 0 aliphatic heterocycles. The van der Waals surface area contributed by atoms with Crippen molar-refractivity contribution in [2.75, 3.05) is 13.8 Å². The Morgan fingerprint density at radius 1 is 1.89 bits per heavy atom. The van der Waals surface area contributed by atoms with Crippen LogP contribution in [0, 0.1) is 11.8 Å². The van der Waals surface area contributed by atoms with Gasteiger partial charge in [0.2, 0.25) is 0 Å². The molecule has 0 bridgehead atoms. The quantitative estimate of drug-likeness (QED) is 0.518. The van der Waals surface area contributed by atoms with Gasteiger partial charge in [-0.15, -0.1) is 0 Å². The normalized spacial score (nSPS) is 31.8. The number of esters is 1. The third kappa shape index (κ3) is 1.20. The van der Waals surface area contributed by atoms with E-state index in [0.29, 0.717) is 6.42 Å². The second kappa shape index (κ2) is 2.33. The number of carbonyl (C=O) groups excluding carboxylic acids is 1. The molecule has 0 amide bonds. The Labute approximate surface area is 53.0 Å². The smallest absolute Gasteiger partial charge is 0.309 e. The lowest BCUT2D eigenvalue weighted by atomic mass is 10.3. The number of halogens is 1. The molecule has 0 aromatic carbocycles. The molecule has 1 fully saturated rings. The molecule has 1 aliphatic carbocycles. The van der Waals surface area contributed by atoms with Gasteiger partial charge in [-0.2, -0.15) is 0 Å². The van der Waals surface area contributed by atoms with Gasteiger partial charge in [0.15, 0.2) is 0 Å². The van der Waals surface area contributed by atoms with E-state index < -0.39 is 0 Å². The second-order valence-electron chi connectivity index (χ2n) is 2.28. The Balaban J connectivity index is 2.25. The fourth-order valence-corrected chi connectivity index (χ4v) is 0.858. The molecular formula is C6H9FO2. The van der Waals surface area contributed by atoms with Crippen molar-refractivity contribution in [1.29, 1.82) is 0 Å². The molecule has 2 atom stereocenters. The van der Waals surface area contributed by atoms with Crippen molar-refractivity contribution in [1.82, 2.24) is 0 Å². The highest BCUT2D eigenvalue weighted by Crippen LogP contribution is 2.39. The highest BCUT2D eigenvalue weighted by Gasteiger charge is 2.43. The van der Waals surface area contributed by atoms with E-state index in [4.69, 9.17) is 0 Å². The van der Waals surface area contributed by atoms with Crippen molar-refractivity contribution < 1.29 is 13.9 Å². The predicted molar refractivity (Wildman–Crippen MR) is 29.6 cm³/mol. The summed E-state index contributed by atoms with van der Waals surface area (Å²) in [7, 11) is 1.33. The van der Waals surface area contributed by atoms with Gasteiger partial charge >= 0.3 is 5.97 Å². The molecule has 1 aliphatic rings. The second-order valence-corrected chi connectivity index (χ2v) is 2.28. The van der Waals surface area contributed by atoms with Gasteiger partial charge < -0.3 is 4.74 Å². The maximum Gasteiger partial charge on any atom is 0.309 e. The van der Waals surface area contributed by atoms with Crippen LogP contribution in [0.2, 0.25) is 0 Å². The van der Waals surface area contributed by atoms with Gasteiger partial charge in [0.05, 0.1) is 19.7 Å². The number of rotatable bonds is 2. The Morgan fingerprint density at radius 3 is 2.89 bits per heavy atom. The van der Waals surface area contributed by atoms with E-state index in [2.05, 4.69) is 4.74 Å². The van der Waals surface area contributed by atoms with Crippen molar-refractivity contribution in [2.45, 2.75) is 6.42 Å². The SMILES string of the molecule is COC(=O)[C@@H]1C[C@H]1CF. The first kappa shape index (κ1) is 6.52. The van der Waals surface area contributed by atoms with Crippen LogP contribution in [0.15, 0.2) is 0 Å².